The van der Waals surface area contributed by atoms with Crippen LogP contribution in [0.4, 0.5) is 0 Å². The number of hydrogen-bond donors (Lipinski definition) is 1. The summed E-state index contributed by atoms with van der Waals surface area (Å²) >= 11 is 3.56. The molecule has 0 unspecified atom stereocenters. The van der Waals surface area contributed by atoms with E-state index in [0.29, 0.717) is 0 Å². The highest BCUT2D eigenvalue weighted by Crippen LogP contribution is 2.21. The number of aryl methyl sites for hydroxylation is 1. The lowest BCUT2D eigenvalue weighted by molar-refractivity contribution is 0.177. The fourth-order valence-corrected chi connectivity index (χ4v) is 2.95. The Balaban J connectivity index is 1.85. The Morgan fingerprint density at radius 3 is 2.67 bits per heavy atom. The van der Waals surface area contributed by atoms with Crippen LogP contribution in [-0.4, -0.2) is 31.6 Å². The fraction of sp³-hybridized carbons (Fsp3) is 0.600. The number of likely N-dealkylation sites (tertiary alicyclic amines) is 1. The standard InChI is InChI=1S/C15H23BrN2/c1-12-9-14(3-4-15(12)16)11-18-7-5-13(6-8-18)10-17-2/h3-4,9,13,17H,5-8,10-11H2,1-2H3. The van der Waals surface area contributed by atoms with Crippen LogP contribution in [0.2, 0.25) is 0 Å². The van der Waals surface area contributed by atoms with E-state index in [0.717, 1.165) is 12.5 Å². The lowest BCUT2D eigenvalue weighted by atomic mass is 9.96. The molecular formula is C15H23BrN2. The van der Waals surface area contributed by atoms with Crippen LogP contribution in [0.5, 0.6) is 0 Å². The van der Waals surface area contributed by atoms with Crippen molar-refractivity contribution in [1.82, 2.24) is 10.2 Å². The molecule has 1 fully saturated rings. The molecule has 1 aliphatic rings. The predicted octanol–water partition coefficient (Wildman–Crippen LogP) is 3.19. The number of halogens is 1. The molecule has 2 nitrogen and oxygen atoms in total. The van der Waals surface area contributed by atoms with Gasteiger partial charge in [-0.05, 0) is 69.6 Å². The number of nitrogens with one attached hydrogen (secondary N) is 1. The minimum absolute atomic E-state index is 0.873. The molecule has 0 bridgehead atoms. The monoisotopic (exact) mass is 310 g/mol. The zero-order valence-electron chi connectivity index (χ0n) is 11.4. The molecule has 2 rings (SSSR count). The van der Waals surface area contributed by atoms with E-state index in [4.69, 9.17) is 0 Å². The van der Waals surface area contributed by atoms with Crippen LogP contribution in [0.15, 0.2) is 22.7 Å². The quantitative estimate of drug-likeness (QED) is 0.919. The molecule has 0 spiro atoms. The minimum Gasteiger partial charge on any atom is -0.319 e. The first-order valence-electron chi connectivity index (χ1n) is 6.81. The van der Waals surface area contributed by atoms with Crippen molar-refractivity contribution in [3.05, 3.63) is 33.8 Å². The maximum Gasteiger partial charge on any atom is 0.0233 e. The number of hydrogen-bond acceptors (Lipinski definition) is 2. The highest BCUT2D eigenvalue weighted by molar-refractivity contribution is 9.10. The third-order valence-corrected chi connectivity index (χ3v) is 4.72. The number of benzene rings is 1. The first-order chi connectivity index (χ1) is 8.69. The molecule has 1 heterocycles. The molecule has 0 aromatic heterocycles. The third-order valence-electron chi connectivity index (χ3n) is 3.83. The van der Waals surface area contributed by atoms with Crippen LogP contribution >= 0.6 is 15.9 Å². The van der Waals surface area contributed by atoms with E-state index in [1.807, 2.05) is 0 Å². The molecule has 1 N–H and O–H groups in total. The second kappa shape index (κ2) is 6.69. The van der Waals surface area contributed by atoms with Crippen LogP contribution in [0.25, 0.3) is 0 Å². The Kier molecular flexibility index (Phi) is 5.22. The molecule has 0 aliphatic carbocycles. The topological polar surface area (TPSA) is 15.3 Å². The lowest BCUT2D eigenvalue weighted by Gasteiger charge is -2.32. The van der Waals surface area contributed by atoms with E-state index in [1.165, 1.54) is 48.1 Å². The van der Waals surface area contributed by atoms with Gasteiger partial charge in [0.25, 0.3) is 0 Å². The Labute approximate surface area is 119 Å². The summed E-state index contributed by atoms with van der Waals surface area (Å²) < 4.78 is 1.21. The second-order valence-electron chi connectivity index (χ2n) is 5.36. The molecule has 1 aromatic carbocycles. The van der Waals surface area contributed by atoms with Gasteiger partial charge in [-0.2, -0.15) is 0 Å². The van der Waals surface area contributed by atoms with Crippen molar-refractivity contribution >= 4 is 15.9 Å². The van der Waals surface area contributed by atoms with Gasteiger partial charge in [-0.3, -0.25) is 4.90 Å². The summed E-state index contributed by atoms with van der Waals surface area (Å²) in [6, 6.07) is 6.69. The Morgan fingerprint density at radius 2 is 2.06 bits per heavy atom. The average molecular weight is 311 g/mol. The van der Waals surface area contributed by atoms with Crippen LogP contribution in [0.3, 0.4) is 0 Å². The molecule has 0 saturated carbocycles. The van der Waals surface area contributed by atoms with E-state index >= 15 is 0 Å². The van der Waals surface area contributed by atoms with E-state index in [-0.39, 0.29) is 0 Å². The van der Waals surface area contributed by atoms with E-state index < -0.39 is 0 Å². The third kappa shape index (κ3) is 3.81. The molecule has 0 amide bonds. The fourth-order valence-electron chi connectivity index (χ4n) is 2.70. The van der Waals surface area contributed by atoms with Gasteiger partial charge in [-0.25, -0.2) is 0 Å². The van der Waals surface area contributed by atoms with Crippen molar-refractivity contribution in [2.24, 2.45) is 5.92 Å². The Morgan fingerprint density at radius 1 is 1.33 bits per heavy atom. The number of rotatable bonds is 4. The first kappa shape index (κ1) is 14.0. The summed E-state index contributed by atoms with van der Waals surface area (Å²) in [6.07, 6.45) is 2.66. The van der Waals surface area contributed by atoms with Crippen LogP contribution in [0, 0.1) is 12.8 Å². The van der Waals surface area contributed by atoms with E-state index in [1.54, 1.807) is 0 Å². The smallest absolute Gasteiger partial charge is 0.0233 e. The average Bonchev–Trinajstić information content (AvgIpc) is 2.37. The number of nitrogens with zero attached hydrogens (tertiary/aromatic N) is 1. The molecule has 100 valence electrons. The van der Waals surface area contributed by atoms with Gasteiger partial charge in [0.15, 0.2) is 0 Å². The highest BCUT2D eigenvalue weighted by Gasteiger charge is 2.18. The van der Waals surface area contributed by atoms with E-state index in [9.17, 15) is 0 Å². The van der Waals surface area contributed by atoms with Crippen LogP contribution in [-0.2, 0) is 6.54 Å². The van der Waals surface area contributed by atoms with Gasteiger partial charge in [0, 0.05) is 11.0 Å². The van der Waals surface area contributed by atoms with Crippen molar-refractivity contribution in [3.8, 4) is 0 Å². The summed E-state index contributed by atoms with van der Waals surface area (Å²) in [6.45, 7) is 6.90. The predicted molar refractivity (Wildman–Crippen MR) is 80.8 cm³/mol. The van der Waals surface area contributed by atoms with Crippen molar-refractivity contribution < 1.29 is 0 Å². The van der Waals surface area contributed by atoms with Gasteiger partial charge in [0.1, 0.15) is 0 Å². The van der Waals surface area contributed by atoms with Gasteiger partial charge >= 0.3 is 0 Å². The van der Waals surface area contributed by atoms with Gasteiger partial charge in [0.2, 0.25) is 0 Å². The van der Waals surface area contributed by atoms with Gasteiger partial charge in [0.05, 0.1) is 0 Å². The highest BCUT2D eigenvalue weighted by atomic mass is 79.9. The van der Waals surface area contributed by atoms with Crippen molar-refractivity contribution in [2.75, 3.05) is 26.7 Å². The number of piperidine rings is 1. The molecule has 3 heteroatoms. The maximum atomic E-state index is 3.56. The Hall–Kier alpha value is -0.380. The normalized spacial score (nSPS) is 18.2. The molecule has 1 aliphatic heterocycles. The minimum atomic E-state index is 0.873. The first-order valence-corrected chi connectivity index (χ1v) is 7.60. The van der Waals surface area contributed by atoms with Gasteiger partial charge < -0.3 is 5.32 Å². The molecule has 18 heavy (non-hydrogen) atoms. The summed E-state index contributed by atoms with van der Waals surface area (Å²) in [5.41, 5.74) is 2.76. The summed E-state index contributed by atoms with van der Waals surface area (Å²) in [4.78, 5) is 2.58. The van der Waals surface area contributed by atoms with Crippen LogP contribution in [0.1, 0.15) is 24.0 Å². The zero-order valence-corrected chi connectivity index (χ0v) is 13.0. The molecule has 0 radical (unpaired) electrons. The SMILES string of the molecule is CNCC1CCN(Cc2ccc(Br)c(C)c2)CC1. The second-order valence-corrected chi connectivity index (χ2v) is 6.22. The summed E-state index contributed by atoms with van der Waals surface area (Å²) in [7, 11) is 2.05. The largest absolute Gasteiger partial charge is 0.319 e. The summed E-state index contributed by atoms with van der Waals surface area (Å²) in [5, 5.41) is 3.29. The molecule has 1 saturated heterocycles. The summed E-state index contributed by atoms with van der Waals surface area (Å²) in [5.74, 6) is 0.873. The molecular weight excluding hydrogens is 288 g/mol. The van der Waals surface area contributed by atoms with Gasteiger partial charge in [-0.15, -0.1) is 0 Å². The van der Waals surface area contributed by atoms with Crippen molar-refractivity contribution in [3.63, 3.8) is 0 Å². The lowest BCUT2D eigenvalue weighted by Crippen LogP contribution is -2.36. The van der Waals surface area contributed by atoms with Crippen molar-refractivity contribution in [2.45, 2.75) is 26.3 Å². The maximum absolute atomic E-state index is 3.56. The van der Waals surface area contributed by atoms with Crippen LogP contribution < -0.4 is 5.32 Å². The molecule has 0 atom stereocenters. The van der Waals surface area contributed by atoms with Crippen molar-refractivity contribution in [1.29, 1.82) is 0 Å². The zero-order chi connectivity index (χ0) is 13.0. The van der Waals surface area contributed by atoms with E-state index in [2.05, 4.69) is 58.3 Å². The molecule has 1 aromatic rings. The van der Waals surface area contributed by atoms with Gasteiger partial charge in [-0.1, -0.05) is 28.1 Å². The Bertz CT molecular complexity index is 384.